The van der Waals surface area contributed by atoms with E-state index in [4.69, 9.17) is 0 Å². The van der Waals surface area contributed by atoms with Gasteiger partial charge in [0, 0.05) is 18.0 Å². The lowest BCUT2D eigenvalue weighted by Crippen LogP contribution is -2.48. The zero-order valence-electron chi connectivity index (χ0n) is 13.3. The van der Waals surface area contributed by atoms with E-state index in [9.17, 15) is 4.79 Å². The number of hydrogen-bond donors (Lipinski definition) is 0. The molecule has 0 unspecified atom stereocenters. The molecule has 22 heavy (non-hydrogen) atoms. The molecule has 0 aromatic heterocycles. The van der Waals surface area contributed by atoms with Gasteiger partial charge in [-0.25, -0.2) is 0 Å². The van der Waals surface area contributed by atoms with E-state index in [0.29, 0.717) is 23.8 Å². The van der Waals surface area contributed by atoms with Crippen LogP contribution in [0.4, 0.5) is 0 Å². The summed E-state index contributed by atoms with van der Waals surface area (Å²) in [6.45, 7) is 1.78. The average molecular weight is 293 g/mol. The van der Waals surface area contributed by atoms with E-state index in [0.717, 1.165) is 6.42 Å². The number of carbonyl (C=O) groups is 1. The third-order valence-corrected chi connectivity index (χ3v) is 5.94. The third kappa shape index (κ3) is 2.09. The van der Waals surface area contributed by atoms with Gasteiger partial charge in [0.25, 0.3) is 0 Å². The lowest BCUT2D eigenvalue weighted by molar-refractivity contribution is -0.124. The number of Topliss-reactive ketones (excluding diaryl/α,β-unsaturated/α-hetero) is 1. The number of ketones is 1. The Morgan fingerprint density at radius 1 is 1.09 bits per heavy atom. The fourth-order valence-corrected chi connectivity index (χ4v) is 4.80. The van der Waals surface area contributed by atoms with Crippen LogP contribution in [0.1, 0.15) is 37.7 Å². The Morgan fingerprint density at radius 2 is 1.86 bits per heavy atom. The van der Waals surface area contributed by atoms with Crippen molar-refractivity contribution < 1.29 is 4.79 Å². The van der Waals surface area contributed by atoms with Gasteiger partial charge in [-0.1, -0.05) is 42.5 Å². The van der Waals surface area contributed by atoms with Crippen LogP contribution in [-0.4, -0.2) is 29.8 Å². The lowest BCUT2D eigenvalue weighted by atomic mass is 9.74. The summed E-state index contributed by atoms with van der Waals surface area (Å²) in [5, 5.41) is 2.56. The van der Waals surface area contributed by atoms with E-state index in [1.54, 1.807) is 6.92 Å². The summed E-state index contributed by atoms with van der Waals surface area (Å²) >= 11 is 0. The van der Waals surface area contributed by atoms with Crippen molar-refractivity contribution in [1.29, 1.82) is 0 Å². The van der Waals surface area contributed by atoms with Crippen molar-refractivity contribution in [2.75, 3.05) is 7.05 Å². The first kappa shape index (κ1) is 14.0. The fourth-order valence-electron chi connectivity index (χ4n) is 4.80. The molecule has 2 aromatic carbocycles. The van der Waals surface area contributed by atoms with E-state index in [1.165, 1.54) is 29.2 Å². The second-order valence-electron chi connectivity index (χ2n) is 7.05. The number of fused-ring (bicyclic) bond motifs is 3. The molecule has 0 spiro atoms. The van der Waals surface area contributed by atoms with Gasteiger partial charge in [-0.2, -0.15) is 0 Å². The van der Waals surface area contributed by atoms with E-state index in [-0.39, 0.29) is 5.92 Å². The number of carbonyl (C=O) groups excluding carboxylic acids is 1. The van der Waals surface area contributed by atoms with E-state index >= 15 is 0 Å². The molecule has 4 atom stereocenters. The number of piperidine rings is 1. The van der Waals surface area contributed by atoms with Gasteiger partial charge in [0.05, 0.1) is 0 Å². The predicted molar refractivity (Wildman–Crippen MR) is 90.1 cm³/mol. The lowest BCUT2D eigenvalue weighted by Gasteiger charge is -2.42. The SMILES string of the molecule is CC(=O)[C@H]1[C@@H](c2ccc3ccccc3c2)C[C@@H]2CC[C@H]1N2C. The van der Waals surface area contributed by atoms with Crippen LogP contribution >= 0.6 is 0 Å². The molecule has 4 rings (SSSR count). The third-order valence-electron chi connectivity index (χ3n) is 5.94. The first-order chi connectivity index (χ1) is 10.6. The van der Waals surface area contributed by atoms with Crippen LogP contribution < -0.4 is 0 Å². The summed E-state index contributed by atoms with van der Waals surface area (Å²) < 4.78 is 0. The highest BCUT2D eigenvalue weighted by molar-refractivity contribution is 5.84. The Hall–Kier alpha value is -1.67. The first-order valence-electron chi connectivity index (χ1n) is 8.36. The molecular weight excluding hydrogens is 270 g/mol. The van der Waals surface area contributed by atoms with Gasteiger partial charge in [-0.15, -0.1) is 0 Å². The maximum Gasteiger partial charge on any atom is 0.135 e. The van der Waals surface area contributed by atoms with Crippen LogP contribution in [0.2, 0.25) is 0 Å². The Bertz CT molecular complexity index is 722. The molecule has 2 aliphatic rings. The highest BCUT2D eigenvalue weighted by atomic mass is 16.1. The topological polar surface area (TPSA) is 20.3 Å². The van der Waals surface area contributed by atoms with Gasteiger partial charge >= 0.3 is 0 Å². The zero-order valence-corrected chi connectivity index (χ0v) is 13.3. The maximum absolute atomic E-state index is 12.4. The number of hydrogen-bond acceptors (Lipinski definition) is 2. The Labute approximate surface area is 132 Å². The van der Waals surface area contributed by atoms with Gasteiger partial charge < -0.3 is 0 Å². The first-order valence-corrected chi connectivity index (χ1v) is 8.36. The van der Waals surface area contributed by atoms with E-state index in [2.05, 4.69) is 54.4 Å². The average Bonchev–Trinajstić information content (AvgIpc) is 2.76. The molecule has 2 bridgehead atoms. The summed E-state index contributed by atoms with van der Waals surface area (Å²) in [5.41, 5.74) is 1.35. The van der Waals surface area contributed by atoms with Gasteiger partial charge in [-0.3, -0.25) is 9.69 Å². The number of rotatable bonds is 2. The quantitative estimate of drug-likeness (QED) is 0.834. The van der Waals surface area contributed by atoms with E-state index in [1.807, 2.05) is 0 Å². The van der Waals surface area contributed by atoms with Crippen LogP contribution in [0.15, 0.2) is 42.5 Å². The summed E-state index contributed by atoms with van der Waals surface area (Å²) in [4.78, 5) is 14.8. The van der Waals surface area contributed by atoms with Gasteiger partial charge in [0.2, 0.25) is 0 Å². The van der Waals surface area contributed by atoms with Crippen LogP contribution in [0.3, 0.4) is 0 Å². The summed E-state index contributed by atoms with van der Waals surface area (Å²) in [6, 6.07) is 16.3. The molecule has 2 heterocycles. The standard InChI is InChI=1S/C20H23NO/c1-13(22)20-18(12-17-9-10-19(20)21(17)2)16-8-7-14-5-3-4-6-15(14)11-16/h3-8,11,17-20H,9-10,12H2,1-2H3/t17-,18+,19+,20-/m0/s1. The number of benzene rings is 2. The van der Waals surface area contributed by atoms with Crippen molar-refractivity contribution in [3.63, 3.8) is 0 Å². The number of nitrogens with zero attached hydrogens (tertiary/aromatic N) is 1. The van der Waals surface area contributed by atoms with Crippen LogP contribution in [0, 0.1) is 5.92 Å². The second-order valence-corrected chi connectivity index (χ2v) is 7.05. The largest absolute Gasteiger partial charge is 0.300 e. The minimum Gasteiger partial charge on any atom is -0.300 e. The van der Waals surface area contributed by atoms with Crippen molar-refractivity contribution in [2.45, 2.75) is 44.2 Å². The van der Waals surface area contributed by atoms with Crippen LogP contribution in [0.5, 0.6) is 0 Å². The molecule has 2 saturated heterocycles. The minimum atomic E-state index is 0.157. The highest BCUT2D eigenvalue weighted by Crippen LogP contribution is 2.46. The van der Waals surface area contributed by atoms with E-state index < -0.39 is 0 Å². The molecule has 0 saturated carbocycles. The Kier molecular flexibility index (Phi) is 3.30. The van der Waals surface area contributed by atoms with Gasteiger partial charge in [0.1, 0.15) is 5.78 Å². The molecule has 0 aliphatic carbocycles. The van der Waals surface area contributed by atoms with Crippen molar-refractivity contribution in [1.82, 2.24) is 4.90 Å². The van der Waals surface area contributed by atoms with Gasteiger partial charge in [-0.05, 0) is 55.5 Å². The molecule has 2 fully saturated rings. The van der Waals surface area contributed by atoms with Gasteiger partial charge in [0.15, 0.2) is 0 Å². The zero-order chi connectivity index (χ0) is 15.3. The maximum atomic E-state index is 12.4. The predicted octanol–water partition coefficient (Wildman–Crippen LogP) is 4.00. The van der Waals surface area contributed by atoms with Crippen LogP contribution in [0.25, 0.3) is 10.8 Å². The molecular formula is C20H23NO. The van der Waals surface area contributed by atoms with Crippen LogP contribution in [-0.2, 0) is 4.79 Å². The molecule has 2 heteroatoms. The Balaban J connectivity index is 1.77. The molecule has 0 radical (unpaired) electrons. The highest BCUT2D eigenvalue weighted by Gasteiger charge is 2.47. The molecule has 0 N–H and O–H groups in total. The second kappa shape index (κ2) is 5.20. The normalized spacial score (nSPS) is 31.5. The van der Waals surface area contributed by atoms with Crippen molar-refractivity contribution in [3.8, 4) is 0 Å². The summed E-state index contributed by atoms with van der Waals surface area (Å²) in [6.07, 6.45) is 3.54. The molecule has 2 aromatic rings. The monoisotopic (exact) mass is 293 g/mol. The summed E-state index contributed by atoms with van der Waals surface area (Å²) in [7, 11) is 2.20. The Morgan fingerprint density at radius 3 is 2.64 bits per heavy atom. The molecule has 0 amide bonds. The van der Waals surface area contributed by atoms with Crippen molar-refractivity contribution in [3.05, 3.63) is 48.0 Å². The fraction of sp³-hybridized carbons (Fsp3) is 0.450. The molecule has 2 aliphatic heterocycles. The molecule has 2 nitrogen and oxygen atoms in total. The van der Waals surface area contributed by atoms with Crippen molar-refractivity contribution in [2.24, 2.45) is 5.92 Å². The smallest absolute Gasteiger partial charge is 0.135 e. The molecule has 114 valence electrons. The minimum absolute atomic E-state index is 0.157. The summed E-state index contributed by atoms with van der Waals surface area (Å²) in [5.74, 6) is 0.899. The van der Waals surface area contributed by atoms with Crippen molar-refractivity contribution >= 4 is 16.6 Å².